The molecule has 0 aliphatic rings. The van der Waals surface area contributed by atoms with E-state index in [9.17, 15) is 4.79 Å². The number of hydrogen-bond acceptors (Lipinski definition) is 5. The zero-order chi connectivity index (χ0) is 22.2. The van der Waals surface area contributed by atoms with Crippen molar-refractivity contribution in [3.63, 3.8) is 0 Å². The highest BCUT2D eigenvalue weighted by molar-refractivity contribution is 7.13. The van der Waals surface area contributed by atoms with E-state index in [0.717, 1.165) is 33.0 Å². The zero-order valence-corrected chi connectivity index (χ0v) is 18.8. The van der Waals surface area contributed by atoms with Gasteiger partial charge in [0.15, 0.2) is 5.65 Å². The zero-order valence-electron chi connectivity index (χ0n) is 18.0. The number of carbonyl (C=O) groups is 1. The van der Waals surface area contributed by atoms with E-state index in [0.29, 0.717) is 23.4 Å². The van der Waals surface area contributed by atoms with Crippen molar-refractivity contribution in [2.45, 2.75) is 27.3 Å². The quantitative estimate of drug-likeness (QED) is 0.404. The number of carbonyl (C=O) groups excluding carboxylic acids is 1. The van der Waals surface area contributed by atoms with E-state index in [1.54, 1.807) is 17.5 Å². The third kappa shape index (κ3) is 3.38. The van der Waals surface area contributed by atoms with Crippen LogP contribution >= 0.6 is 11.3 Å². The van der Waals surface area contributed by atoms with Crippen molar-refractivity contribution in [1.82, 2.24) is 24.5 Å². The SMILES string of the molecule is CCn1ncc2c(C(=O)Nc3c(C)nn(-c4ccccc4)c3C)cc(-c3cccs3)nc21. The van der Waals surface area contributed by atoms with Gasteiger partial charge in [-0.25, -0.2) is 14.3 Å². The Morgan fingerprint density at radius 2 is 1.94 bits per heavy atom. The van der Waals surface area contributed by atoms with Crippen LogP contribution in [0.3, 0.4) is 0 Å². The van der Waals surface area contributed by atoms with Gasteiger partial charge in [0.25, 0.3) is 5.91 Å². The first kappa shape index (κ1) is 20.1. The van der Waals surface area contributed by atoms with E-state index in [-0.39, 0.29) is 5.91 Å². The minimum absolute atomic E-state index is 0.204. The molecular formula is C24H22N6OS. The predicted molar refractivity (Wildman–Crippen MR) is 128 cm³/mol. The molecule has 7 nitrogen and oxygen atoms in total. The number of para-hydroxylation sites is 1. The molecule has 0 bridgehead atoms. The molecule has 1 N–H and O–H groups in total. The lowest BCUT2D eigenvalue weighted by atomic mass is 10.1. The maximum Gasteiger partial charge on any atom is 0.256 e. The molecule has 0 saturated carbocycles. The van der Waals surface area contributed by atoms with Crippen LogP contribution in [0.2, 0.25) is 0 Å². The molecular weight excluding hydrogens is 420 g/mol. The summed E-state index contributed by atoms with van der Waals surface area (Å²) in [6, 6.07) is 15.7. The largest absolute Gasteiger partial charge is 0.319 e. The number of rotatable bonds is 5. The number of aryl methyl sites for hydroxylation is 2. The van der Waals surface area contributed by atoms with Gasteiger partial charge in [-0.2, -0.15) is 10.2 Å². The average molecular weight is 443 g/mol. The third-order valence-electron chi connectivity index (χ3n) is 5.46. The molecule has 0 radical (unpaired) electrons. The first-order valence-electron chi connectivity index (χ1n) is 10.4. The van der Waals surface area contributed by atoms with E-state index >= 15 is 0 Å². The van der Waals surface area contributed by atoms with E-state index in [4.69, 9.17) is 4.98 Å². The van der Waals surface area contributed by atoms with E-state index < -0.39 is 0 Å². The van der Waals surface area contributed by atoms with Crippen molar-refractivity contribution in [3.05, 3.63) is 77.1 Å². The molecule has 0 atom stereocenters. The molecule has 1 aromatic carbocycles. The molecule has 5 aromatic rings. The molecule has 0 saturated heterocycles. The Balaban J connectivity index is 1.58. The number of hydrogen-bond donors (Lipinski definition) is 1. The van der Waals surface area contributed by atoms with Crippen molar-refractivity contribution in [3.8, 4) is 16.3 Å². The molecule has 1 amide bonds. The van der Waals surface area contributed by atoms with Crippen LogP contribution in [0.15, 0.2) is 60.1 Å². The highest BCUT2D eigenvalue weighted by Crippen LogP contribution is 2.29. The summed E-state index contributed by atoms with van der Waals surface area (Å²) in [5.41, 5.74) is 5.30. The summed E-state index contributed by atoms with van der Waals surface area (Å²) >= 11 is 1.59. The van der Waals surface area contributed by atoms with Gasteiger partial charge in [0.2, 0.25) is 0 Å². The maximum atomic E-state index is 13.5. The molecule has 160 valence electrons. The number of fused-ring (bicyclic) bond motifs is 1. The normalized spacial score (nSPS) is 11.2. The second kappa shape index (κ2) is 8.05. The van der Waals surface area contributed by atoms with Crippen LogP contribution < -0.4 is 5.32 Å². The minimum Gasteiger partial charge on any atom is -0.319 e. The van der Waals surface area contributed by atoms with Crippen molar-refractivity contribution in [1.29, 1.82) is 0 Å². The summed E-state index contributed by atoms with van der Waals surface area (Å²) in [6.45, 7) is 6.54. The van der Waals surface area contributed by atoms with Gasteiger partial charge >= 0.3 is 0 Å². The Morgan fingerprint density at radius 3 is 2.66 bits per heavy atom. The van der Waals surface area contributed by atoms with Gasteiger partial charge in [0.05, 0.1) is 50.5 Å². The minimum atomic E-state index is -0.204. The highest BCUT2D eigenvalue weighted by Gasteiger charge is 2.21. The highest BCUT2D eigenvalue weighted by atomic mass is 32.1. The van der Waals surface area contributed by atoms with Crippen LogP contribution in [-0.4, -0.2) is 30.5 Å². The standard InChI is InChI=1S/C24H22N6OS/c1-4-29-23-19(14-25-29)18(13-20(26-23)21-11-8-12-32-21)24(31)27-22-15(2)28-30(16(22)3)17-9-6-5-7-10-17/h5-14H,4H2,1-3H3,(H,27,31). The molecule has 4 aromatic heterocycles. The van der Waals surface area contributed by atoms with Gasteiger partial charge in [0.1, 0.15) is 0 Å². The maximum absolute atomic E-state index is 13.5. The fourth-order valence-corrected chi connectivity index (χ4v) is 4.53. The van der Waals surface area contributed by atoms with Crippen LogP contribution in [0, 0.1) is 13.8 Å². The Bertz CT molecular complexity index is 1420. The van der Waals surface area contributed by atoms with Gasteiger partial charge in [-0.3, -0.25) is 4.79 Å². The first-order valence-corrected chi connectivity index (χ1v) is 11.3. The fourth-order valence-electron chi connectivity index (χ4n) is 3.84. The van der Waals surface area contributed by atoms with Crippen LogP contribution in [0.1, 0.15) is 28.7 Å². The number of benzene rings is 1. The van der Waals surface area contributed by atoms with Gasteiger partial charge < -0.3 is 5.32 Å². The van der Waals surface area contributed by atoms with Crippen molar-refractivity contribution < 1.29 is 4.79 Å². The molecule has 0 spiro atoms. The number of aromatic nitrogens is 5. The lowest BCUT2D eigenvalue weighted by Gasteiger charge is -2.09. The van der Waals surface area contributed by atoms with Crippen LogP contribution in [-0.2, 0) is 6.54 Å². The van der Waals surface area contributed by atoms with Crippen LogP contribution in [0.25, 0.3) is 27.3 Å². The Morgan fingerprint density at radius 1 is 1.12 bits per heavy atom. The second-order valence-corrected chi connectivity index (χ2v) is 8.42. The van der Waals surface area contributed by atoms with Crippen molar-refractivity contribution >= 4 is 34.0 Å². The number of pyridine rings is 1. The summed E-state index contributed by atoms with van der Waals surface area (Å²) in [6.07, 6.45) is 1.71. The van der Waals surface area contributed by atoms with Crippen molar-refractivity contribution in [2.75, 3.05) is 5.32 Å². The first-order chi connectivity index (χ1) is 15.6. The van der Waals surface area contributed by atoms with Gasteiger partial charge in [-0.15, -0.1) is 11.3 Å². The Kier molecular flexibility index (Phi) is 5.07. The smallest absolute Gasteiger partial charge is 0.256 e. The molecule has 5 rings (SSSR count). The molecule has 0 aliphatic heterocycles. The molecule has 32 heavy (non-hydrogen) atoms. The van der Waals surface area contributed by atoms with E-state index in [2.05, 4.69) is 15.5 Å². The molecule has 0 unspecified atom stereocenters. The monoisotopic (exact) mass is 442 g/mol. The fraction of sp³-hybridized carbons (Fsp3) is 0.167. The van der Waals surface area contributed by atoms with Gasteiger partial charge in [-0.05, 0) is 50.4 Å². The summed E-state index contributed by atoms with van der Waals surface area (Å²) in [5, 5.41) is 14.9. The summed E-state index contributed by atoms with van der Waals surface area (Å²) in [7, 11) is 0. The molecule has 0 aliphatic carbocycles. The summed E-state index contributed by atoms with van der Waals surface area (Å²) in [4.78, 5) is 19.3. The van der Waals surface area contributed by atoms with Crippen LogP contribution in [0.4, 0.5) is 5.69 Å². The van der Waals surface area contributed by atoms with E-state index in [1.165, 1.54) is 0 Å². The Hall–Kier alpha value is -3.78. The molecule has 0 fully saturated rings. The summed E-state index contributed by atoms with van der Waals surface area (Å²) in [5.74, 6) is -0.204. The molecule has 8 heteroatoms. The topological polar surface area (TPSA) is 77.6 Å². The molecule has 4 heterocycles. The van der Waals surface area contributed by atoms with Crippen molar-refractivity contribution in [2.24, 2.45) is 0 Å². The van der Waals surface area contributed by atoms with Crippen LogP contribution in [0.5, 0.6) is 0 Å². The Labute approximate surface area is 189 Å². The van der Waals surface area contributed by atoms with Gasteiger partial charge in [-0.1, -0.05) is 24.3 Å². The third-order valence-corrected chi connectivity index (χ3v) is 6.35. The number of nitrogens with one attached hydrogen (secondary N) is 1. The lowest BCUT2D eigenvalue weighted by Crippen LogP contribution is -2.14. The van der Waals surface area contributed by atoms with E-state index in [1.807, 2.05) is 84.0 Å². The number of thiophene rings is 1. The summed E-state index contributed by atoms with van der Waals surface area (Å²) < 4.78 is 3.66. The predicted octanol–water partition coefficient (Wildman–Crippen LogP) is 5.23. The average Bonchev–Trinajstić information content (AvgIpc) is 3.55. The second-order valence-electron chi connectivity index (χ2n) is 7.48. The number of anilines is 1. The van der Waals surface area contributed by atoms with Gasteiger partial charge in [0, 0.05) is 6.54 Å². The number of nitrogens with zero attached hydrogens (tertiary/aromatic N) is 5. The lowest BCUT2D eigenvalue weighted by molar-refractivity contribution is 0.102. The number of amides is 1.